The minimum Gasteiger partial charge on any atom is -0.466 e. The number of rotatable bonds is 7. The third kappa shape index (κ3) is 6.39. The highest BCUT2D eigenvalue weighted by Crippen LogP contribution is 2.35. The fourth-order valence-electron chi connectivity index (χ4n) is 3.39. The van der Waals surface area contributed by atoms with Crippen molar-refractivity contribution in [2.24, 2.45) is 10.2 Å². The van der Waals surface area contributed by atoms with E-state index < -0.39 is 23.8 Å². The van der Waals surface area contributed by atoms with Gasteiger partial charge in [0.2, 0.25) is 0 Å². The number of carbonyl (C=O) groups excluding carboxylic acids is 4. The van der Waals surface area contributed by atoms with Crippen molar-refractivity contribution in [3.8, 4) is 0 Å². The molecule has 2 saturated heterocycles. The van der Waals surface area contributed by atoms with Crippen LogP contribution in [0.25, 0.3) is 0 Å². The van der Waals surface area contributed by atoms with Crippen LogP contribution in [-0.2, 0) is 41.7 Å². The Bertz CT molecular complexity index is 1270. The van der Waals surface area contributed by atoms with Crippen molar-refractivity contribution in [2.75, 3.05) is 14.2 Å². The molecule has 0 unspecified atom stereocenters. The first-order valence-electron chi connectivity index (χ1n) is 11.2. The zero-order chi connectivity index (χ0) is 27.1. The van der Waals surface area contributed by atoms with Crippen LogP contribution in [0.2, 0.25) is 0 Å². The van der Waals surface area contributed by atoms with Gasteiger partial charge < -0.3 is 9.47 Å². The number of nitrogens with zero attached hydrogens (tertiary/aromatic N) is 4. The van der Waals surface area contributed by atoms with Gasteiger partial charge in [0.15, 0.2) is 10.3 Å². The van der Waals surface area contributed by atoms with E-state index in [1.165, 1.54) is 24.0 Å². The molecule has 2 aromatic rings. The molecule has 2 aromatic carbocycles. The van der Waals surface area contributed by atoms with Gasteiger partial charge in [-0.25, -0.2) is 9.59 Å². The summed E-state index contributed by atoms with van der Waals surface area (Å²) in [5.41, 5.74) is 1.70. The van der Waals surface area contributed by atoms with Gasteiger partial charge in [0.1, 0.15) is 0 Å². The lowest BCUT2D eigenvalue weighted by atomic mass is 10.2. The van der Waals surface area contributed by atoms with Gasteiger partial charge in [0.05, 0.1) is 37.1 Å². The van der Waals surface area contributed by atoms with Gasteiger partial charge >= 0.3 is 11.9 Å². The minimum atomic E-state index is -0.670. The summed E-state index contributed by atoms with van der Waals surface area (Å²) in [7, 11) is 2.45. The van der Waals surface area contributed by atoms with Crippen LogP contribution in [0.1, 0.15) is 11.1 Å². The van der Waals surface area contributed by atoms with Crippen LogP contribution >= 0.6 is 23.5 Å². The summed E-state index contributed by atoms with van der Waals surface area (Å²) < 4.78 is 9.33. The van der Waals surface area contributed by atoms with Crippen LogP contribution in [0.5, 0.6) is 0 Å². The molecule has 0 radical (unpaired) electrons. The van der Waals surface area contributed by atoms with Crippen molar-refractivity contribution in [2.45, 2.75) is 13.1 Å². The third-order valence-electron chi connectivity index (χ3n) is 5.26. The molecule has 194 valence electrons. The average Bonchev–Trinajstić information content (AvgIpc) is 3.38. The molecule has 0 N–H and O–H groups in total. The highest BCUT2D eigenvalue weighted by atomic mass is 32.2. The molecule has 2 aliphatic heterocycles. The average molecular weight is 551 g/mol. The summed E-state index contributed by atoms with van der Waals surface area (Å²) in [6.07, 6.45) is 2.21. The Morgan fingerprint density at radius 3 is 1.42 bits per heavy atom. The molecular formula is C26H22N4O6S2. The van der Waals surface area contributed by atoms with Gasteiger partial charge in [-0.2, -0.15) is 0 Å². The molecule has 4 rings (SSSR count). The van der Waals surface area contributed by atoms with Crippen molar-refractivity contribution in [1.82, 2.24) is 9.80 Å². The van der Waals surface area contributed by atoms with Gasteiger partial charge in [-0.3, -0.25) is 19.4 Å². The number of esters is 2. The maximum absolute atomic E-state index is 13.1. The second-order valence-corrected chi connectivity index (χ2v) is 9.80. The quantitative estimate of drug-likeness (QED) is 0.293. The molecule has 2 aliphatic rings. The highest BCUT2D eigenvalue weighted by Gasteiger charge is 2.37. The standard InChI is InChI=1S/C26H22N4O6S2/c1-35-21(31)13-19-23(33)29(15-17-9-5-3-6-10-17)25(37-19)27-28-26-30(16-18-11-7-4-8-12-18)24(34)20(38-26)14-22(32)36-2/h3-14H,15-16H2,1-2H3/b19-13-,20-14+,27-25+,28-26-. The van der Waals surface area contributed by atoms with Gasteiger partial charge in [-0.15, -0.1) is 10.2 Å². The minimum absolute atomic E-state index is 0.134. The topological polar surface area (TPSA) is 118 Å². The van der Waals surface area contributed by atoms with E-state index in [4.69, 9.17) is 0 Å². The summed E-state index contributed by atoms with van der Waals surface area (Å²) in [5.74, 6) is -2.19. The summed E-state index contributed by atoms with van der Waals surface area (Å²) >= 11 is 1.94. The van der Waals surface area contributed by atoms with Gasteiger partial charge in [-0.1, -0.05) is 60.7 Å². The monoisotopic (exact) mass is 550 g/mol. The molecule has 0 saturated carbocycles. The Balaban J connectivity index is 1.70. The number of thioether (sulfide) groups is 2. The van der Waals surface area contributed by atoms with Crippen molar-refractivity contribution < 1.29 is 28.7 Å². The number of benzene rings is 2. The molecule has 0 aromatic heterocycles. The van der Waals surface area contributed by atoms with Crippen LogP contribution in [0.3, 0.4) is 0 Å². The molecule has 0 bridgehead atoms. The van der Waals surface area contributed by atoms with Crippen LogP contribution in [0.15, 0.2) is 92.8 Å². The van der Waals surface area contributed by atoms with Crippen molar-refractivity contribution in [1.29, 1.82) is 0 Å². The smallest absolute Gasteiger partial charge is 0.331 e. The zero-order valence-electron chi connectivity index (χ0n) is 20.4. The molecule has 38 heavy (non-hydrogen) atoms. The molecule has 12 heteroatoms. The van der Waals surface area contributed by atoms with Crippen LogP contribution in [0, 0.1) is 0 Å². The number of hydrogen-bond donors (Lipinski definition) is 0. The highest BCUT2D eigenvalue weighted by molar-refractivity contribution is 8.19. The summed E-state index contributed by atoms with van der Waals surface area (Å²) in [5, 5.41) is 9.04. The van der Waals surface area contributed by atoms with E-state index in [9.17, 15) is 19.2 Å². The summed E-state index contributed by atoms with van der Waals surface area (Å²) in [6.45, 7) is 0.393. The number of methoxy groups -OCH3 is 2. The van der Waals surface area contributed by atoms with E-state index in [1.54, 1.807) is 0 Å². The molecule has 0 atom stereocenters. The van der Waals surface area contributed by atoms with E-state index in [1.807, 2.05) is 60.7 Å². The van der Waals surface area contributed by atoms with Gasteiger partial charge in [0.25, 0.3) is 11.8 Å². The number of carbonyl (C=O) groups is 4. The lowest BCUT2D eigenvalue weighted by molar-refractivity contribution is -0.136. The first-order chi connectivity index (χ1) is 18.4. The number of amidine groups is 2. The Morgan fingerprint density at radius 2 is 1.08 bits per heavy atom. The SMILES string of the molecule is COC(=O)/C=C1\S/C(=N/N=C2\S/C(=C/C(=O)OC)C(=O)N2Cc2ccccc2)N(Cc2ccccc2)C1=O. The zero-order valence-corrected chi connectivity index (χ0v) is 22.0. The maximum Gasteiger partial charge on any atom is 0.331 e. The summed E-state index contributed by atoms with van der Waals surface area (Å²) in [4.78, 5) is 52.9. The van der Waals surface area contributed by atoms with Gasteiger partial charge in [-0.05, 0) is 34.7 Å². The Morgan fingerprint density at radius 1 is 0.711 bits per heavy atom. The summed E-state index contributed by atoms with van der Waals surface area (Å²) in [6, 6.07) is 18.6. The Hall–Kier alpha value is -4.16. The van der Waals surface area contributed by atoms with Crippen LogP contribution < -0.4 is 0 Å². The van der Waals surface area contributed by atoms with E-state index >= 15 is 0 Å². The Labute approximate surface area is 227 Å². The van der Waals surface area contributed by atoms with E-state index in [0.717, 1.165) is 46.8 Å². The largest absolute Gasteiger partial charge is 0.466 e. The molecule has 0 aliphatic carbocycles. The molecule has 10 nitrogen and oxygen atoms in total. The van der Waals surface area contributed by atoms with Crippen molar-refractivity contribution >= 4 is 57.6 Å². The van der Waals surface area contributed by atoms with E-state index in [2.05, 4.69) is 19.7 Å². The van der Waals surface area contributed by atoms with Crippen LogP contribution in [0.4, 0.5) is 0 Å². The number of ether oxygens (including phenoxy) is 2. The predicted molar refractivity (Wildman–Crippen MR) is 144 cm³/mol. The first kappa shape index (κ1) is 26.9. The molecule has 0 spiro atoms. The van der Waals surface area contributed by atoms with Gasteiger partial charge in [0, 0.05) is 12.2 Å². The second kappa shape index (κ2) is 12.4. The van der Waals surface area contributed by atoms with E-state index in [-0.39, 0.29) is 33.2 Å². The Kier molecular flexibility index (Phi) is 8.77. The molecule has 2 amide bonds. The molecular weight excluding hydrogens is 528 g/mol. The van der Waals surface area contributed by atoms with Crippen LogP contribution in [-0.4, -0.2) is 58.1 Å². The normalized spacial score (nSPS) is 19.7. The first-order valence-corrected chi connectivity index (χ1v) is 12.8. The molecule has 2 heterocycles. The molecule has 2 fully saturated rings. The fourth-order valence-corrected chi connectivity index (χ4v) is 5.17. The number of hydrogen-bond acceptors (Lipinski definition) is 10. The lowest BCUT2D eigenvalue weighted by Crippen LogP contribution is -2.30. The maximum atomic E-state index is 13.1. The fraction of sp³-hybridized carbons (Fsp3) is 0.154. The lowest BCUT2D eigenvalue weighted by Gasteiger charge is -2.16. The van der Waals surface area contributed by atoms with Crippen molar-refractivity contribution in [3.05, 3.63) is 93.8 Å². The van der Waals surface area contributed by atoms with E-state index in [0.29, 0.717) is 0 Å². The predicted octanol–water partition coefficient (Wildman–Crippen LogP) is 3.28. The van der Waals surface area contributed by atoms with Crippen molar-refractivity contribution in [3.63, 3.8) is 0 Å². The number of amides is 2. The second-order valence-electron chi connectivity index (χ2n) is 7.79. The third-order valence-corrected chi connectivity index (χ3v) is 7.26.